The largest absolute Gasteiger partial charge is 0.497 e. The molecule has 1 aromatic carbocycles. The van der Waals surface area contributed by atoms with Gasteiger partial charge in [0, 0.05) is 18.7 Å². The minimum atomic E-state index is -0.276. The Morgan fingerprint density at radius 3 is 2.37 bits per heavy atom. The van der Waals surface area contributed by atoms with E-state index in [-0.39, 0.29) is 11.6 Å². The maximum absolute atomic E-state index is 5.67. The fourth-order valence-corrected chi connectivity index (χ4v) is 1.94. The molecule has 1 unspecified atom stereocenters. The number of rotatable bonds is 7. The standard InChI is InChI=1S/C14H24N2O3/c1-14(2,19-5)9-12(16-15)11-7-6-10(17-3)8-13(11)18-4/h6-8,12,16H,9,15H2,1-5H3. The molecule has 0 aliphatic rings. The van der Waals surface area contributed by atoms with Gasteiger partial charge in [-0.25, -0.2) is 0 Å². The van der Waals surface area contributed by atoms with Crippen LogP contribution in [-0.2, 0) is 4.74 Å². The molecule has 5 nitrogen and oxygen atoms in total. The third-order valence-corrected chi connectivity index (χ3v) is 3.27. The Labute approximate surface area is 115 Å². The van der Waals surface area contributed by atoms with E-state index in [9.17, 15) is 0 Å². The number of benzene rings is 1. The molecule has 0 aliphatic carbocycles. The molecule has 1 rings (SSSR count). The van der Waals surface area contributed by atoms with E-state index in [1.807, 2.05) is 32.0 Å². The van der Waals surface area contributed by atoms with Gasteiger partial charge in [0.15, 0.2) is 0 Å². The second-order valence-electron chi connectivity index (χ2n) is 5.00. The van der Waals surface area contributed by atoms with Gasteiger partial charge in [0.25, 0.3) is 0 Å². The molecule has 0 saturated carbocycles. The van der Waals surface area contributed by atoms with Crippen molar-refractivity contribution in [1.82, 2.24) is 5.43 Å². The number of hydrogen-bond acceptors (Lipinski definition) is 5. The quantitative estimate of drug-likeness (QED) is 0.585. The van der Waals surface area contributed by atoms with Gasteiger partial charge in [-0.3, -0.25) is 11.3 Å². The van der Waals surface area contributed by atoms with E-state index in [1.165, 1.54) is 0 Å². The van der Waals surface area contributed by atoms with Crippen molar-refractivity contribution in [2.24, 2.45) is 5.84 Å². The molecule has 3 N–H and O–H groups in total. The molecule has 108 valence electrons. The summed E-state index contributed by atoms with van der Waals surface area (Å²) in [5.74, 6) is 7.17. The molecular weight excluding hydrogens is 244 g/mol. The van der Waals surface area contributed by atoms with Crippen LogP contribution in [0, 0.1) is 0 Å². The summed E-state index contributed by atoms with van der Waals surface area (Å²) in [6.45, 7) is 4.04. The van der Waals surface area contributed by atoms with Crippen molar-refractivity contribution < 1.29 is 14.2 Å². The van der Waals surface area contributed by atoms with E-state index >= 15 is 0 Å². The van der Waals surface area contributed by atoms with Gasteiger partial charge in [-0.05, 0) is 26.3 Å². The maximum atomic E-state index is 5.67. The molecule has 0 fully saturated rings. The first kappa shape index (κ1) is 15.8. The molecule has 1 atom stereocenters. The van der Waals surface area contributed by atoms with E-state index in [0.717, 1.165) is 23.5 Å². The van der Waals surface area contributed by atoms with E-state index < -0.39 is 0 Å². The highest BCUT2D eigenvalue weighted by Crippen LogP contribution is 2.33. The highest BCUT2D eigenvalue weighted by Gasteiger charge is 2.25. The molecule has 0 saturated heterocycles. The Bertz CT molecular complexity index is 408. The van der Waals surface area contributed by atoms with Crippen molar-refractivity contribution in [1.29, 1.82) is 0 Å². The highest BCUT2D eigenvalue weighted by molar-refractivity contribution is 5.42. The number of hydrogen-bond donors (Lipinski definition) is 2. The minimum Gasteiger partial charge on any atom is -0.497 e. The van der Waals surface area contributed by atoms with E-state index in [4.69, 9.17) is 20.1 Å². The van der Waals surface area contributed by atoms with Crippen LogP contribution in [0.3, 0.4) is 0 Å². The molecule has 0 bridgehead atoms. The summed E-state index contributed by atoms with van der Waals surface area (Å²) in [7, 11) is 4.95. The topological polar surface area (TPSA) is 65.7 Å². The molecule has 0 heterocycles. The zero-order chi connectivity index (χ0) is 14.5. The van der Waals surface area contributed by atoms with Crippen LogP contribution in [0.5, 0.6) is 11.5 Å². The fourth-order valence-electron chi connectivity index (χ4n) is 1.94. The molecule has 0 amide bonds. The maximum Gasteiger partial charge on any atom is 0.127 e. The van der Waals surface area contributed by atoms with Gasteiger partial charge in [0.05, 0.1) is 25.9 Å². The van der Waals surface area contributed by atoms with Gasteiger partial charge in [0.2, 0.25) is 0 Å². The molecule has 0 radical (unpaired) electrons. The molecule has 19 heavy (non-hydrogen) atoms. The molecule has 0 spiro atoms. The lowest BCUT2D eigenvalue weighted by Gasteiger charge is -2.29. The van der Waals surface area contributed by atoms with Crippen LogP contribution in [0.15, 0.2) is 18.2 Å². The molecule has 0 aliphatic heterocycles. The third kappa shape index (κ3) is 4.09. The molecule has 5 heteroatoms. The number of nitrogens with two attached hydrogens (primary N) is 1. The fraction of sp³-hybridized carbons (Fsp3) is 0.571. The molecule has 0 aromatic heterocycles. The smallest absolute Gasteiger partial charge is 0.127 e. The third-order valence-electron chi connectivity index (χ3n) is 3.27. The van der Waals surface area contributed by atoms with E-state index in [1.54, 1.807) is 21.3 Å². The Hall–Kier alpha value is -1.30. The average molecular weight is 268 g/mol. The highest BCUT2D eigenvalue weighted by atomic mass is 16.5. The summed E-state index contributed by atoms with van der Waals surface area (Å²) in [6, 6.07) is 5.63. The van der Waals surface area contributed by atoms with Crippen molar-refractivity contribution in [3.8, 4) is 11.5 Å². The Morgan fingerprint density at radius 1 is 1.21 bits per heavy atom. The van der Waals surface area contributed by atoms with Crippen LogP contribution in [-0.4, -0.2) is 26.9 Å². The van der Waals surface area contributed by atoms with Crippen LogP contribution in [0.1, 0.15) is 31.9 Å². The van der Waals surface area contributed by atoms with Crippen LogP contribution in [0.25, 0.3) is 0 Å². The number of hydrazine groups is 1. The zero-order valence-corrected chi connectivity index (χ0v) is 12.3. The average Bonchev–Trinajstić information content (AvgIpc) is 2.44. The summed E-state index contributed by atoms with van der Waals surface area (Å²) in [5, 5.41) is 0. The van der Waals surface area contributed by atoms with Gasteiger partial charge in [-0.2, -0.15) is 0 Å². The van der Waals surface area contributed by atoms with Gasteiger partial charge in [0.1, 0.15) is 11.5 Å². The van der Waals surface area contributed by atoms with Gasteiger partial charge in [-0.15, -0.1) is 0 Å². The van der Waals surface area contributed by atoms with Crippen molar-refractivity contribution in [2.45, 2.75) is 31.9 Å². The summed E-state index contributed by atoms with van der Waals surface area (Å²) >= 11 is 0. The number of nitrogens with one attached hydrogen (secondary N) is 1. The second-order valence-corrected chi connectivity index (χ2v) is 5.00. The summed E-state index contributed by atoms with van der Waals surface area (Å²) in [6.07, 6.45) is 0.725. The van der Waals surface area contributed by atoms with Crippen LogP contribution in [0.2, 0.25) is 0 Å². The second kappa shape index (κ2) is 6.75. The predicted molar refractivity (Wildman–Crippen MR) is 75.3 cm³/mol. The van der Waals surface area contributed by atoms with Crippen molar-refractivity contribution in [2.75, 3.05) is 21.3 Å². The Morgan fingerprint density at radius 2 is 1.89 bits per heavy atom. The van der Waals surface area contributed by atoms with Gasteiger partial charge < -0.3 is 14.2 Å². The van der Waals surface area contributed by atoms with Crippen molar-refractivity contribution in [3.63, 3.8) is 0 Å². The summed E-state index contributed by atoms with van der Waals surface area (Å²) in [5.41, 5.74) is 3.53. The molecular formula is C14H24N2O3. The Kier molecular flexibility index (Phi) is 5.60. The predicted octanol–water partition coefficient (Wildman–Crippen LogP) is 2.02. The minimum absolute atomic E-state index is 0.0594. The lowest BCUT2D eigenvalue weighted by atomic mass is 9.93. The SMILES string of the molecule is COc1ccc(C(CC(C)(C)OC)NN)c(OC)c1. The first-order valence-corrected chi connectivity index (χ1v) is 6.20. The van der Waals surface area contributed by atoms with E-state index in [2.05, 4.69) is 5.43 Å². The normalized spacial score (nSPS) is 13.2. The van der Waals surface area contributed by atoms with Crippen molar-refractivity contribution in [3.05, 3.63) is 23.8 Å². The van der Waals surface area contributed by atoms with E-state index in [0.29, 0.717) is 0 Å². The first-order valence-electron chi connectivity index (χ1n) is 6.20. The monoisotopic (exact) mass is 268 g/mol. The summed E-state index contributed by atoms with van der Waals surface area (Å²) < 4.78 is 16.0. The lowest BCUT2D eigenvalue weighted by molar-refractivity contribution is 0.00664. The first-order chi connectivity index (χ1) is 8.97. The molecule has 1 aromatic rings. The number of ether oxygens (including phenoxy) is 3. The van der Waals surface area contributed by atoms with Crippen molar-refractivity contribution >= 4 is 0 Å². The zero-order valence-electron chi connectivity index (χ0n) is 12.3. The number of methoxy groups -OCH3 is 3. The lowest BCUT2D eigenvalue weighted by Crippen LogP contribution is -2.35. The van der Waals surface area contributed by atoms with Gasteiger partial charge in [-0.1, -0.05) is 6.07 Å². The van der Waals surface area contributed by atoms with Crippen LogP contribution in [0.4, 0.5) is 0 Å². The van der Waals surface area contributed by atoms with Crippen LogP contribution >= 0.6 is 0 Å². The summed E-state index contributed by atoms with van der Waals surface area (Å²) in [4.78, 5) is 0. The van der Waals surface area contributed by atoms with Gasteiger partial charge >= 0.3 is 0 Å². The Balaban J connectivity index is 3.04. The van der Waals surface area contributed by atoms with Crippen LogP contribution < -0.4 is 20.7 Å².